The molecule has 0 unspecified atom stereocenters. The number of rotatable bonds is 2. The van der Waals surface area contributed by atoms with Gasteiger partial charge in [-0.05, 0) is 12.1 Å². The van der Waals surface area contributed by atoms with Gasteiger partial charge in [-0.25, -0.2) is 4.79 Å². The number of hydrogen-bond donors (Lipinski definition) is 0. The molecule has 1 aliphatic rings. The topological polar surface area (TPSA) is 39.4 Å². The second-order valence-electron chi connectivity index (χ2n) is 4.27. The Morgan fingerprint density at radius 2 is 1.75 bits per heavy atom. The summed E-state index contributed by atoms with van der Waals surface area (Å²) in [7, 11) is 1.76. The first-order chi connectivity index (χ1) is 9.75. The molecule has 0 amide bonds. The first kappa shape index (κ1) is 14.9. The summed E-state index contributed by atoms with van der Waals surface area (Å²) in [5, 5.41) is 2.16. The number of ether oxygens (including phenoxy) is 1. The second-order valence-corrected chi connectivity index (χ2v) is 5.31. The molecule has 0 N–H and O–H groups in total. The molecular weight excluding hydrogens is 274 g/mol. The molecule has 3 rings (SSSR count). The zero-order valence-corrected chi connectivity index (χ0v) is 13.0. The van der Waals surface area contributed by atoms with Crippen molar-refractivity contribution in [3.05, 3.63) is 35.0 Å². The summed E-state index contributed by atoms with van der Waals surface area (Å²) >= 11 is 1.64. The van der Waals surface area contributed by atoms with Crippen LogP contribution in [-0.4, -0.2) is 35.4 Å². The van der Waals surface area contributed by atoms with E-state index in [0.29, 0.717) is 0 Å². The van der Waals surface area contributed by atoms with Crippen molar-refractivity contribution in [1.82, 2.24) is 9.13 Å². The molecule has 1 aliphatic heterocycles. The highest BCUT2D eigenvalue weighted by Crippen LogP contribution is 2.28. The van der Waals surface area contributed by atoms with E-state index in [0.717, 1.165) is 31.3 Å². The summed E-state index contributed by atoms with van der Waals surface area (Å²) in [4.78, 5) is 14.2. The Morgan fingerprint density at radius 3 is 2.35 bits per heavy atom. The van der Waals surface area contributed by atoms with Crippen LogP contribution in [0.1, 0.15) is 13.8 Å². The minimum absolute atomic E-state index is 0.00891. The van der Waals surface area contributed by atoms with Gasteiger partial charge < -0.3 is 14.2 Å². The number of morpholine rings is 1. The van der Waals surface area contributed by atoms with Crippen molar-refractivity contribution in [2.45, 2.75) is 13.8 Å². The highest BCUT2D eigenvalue weighted by molar-refractivity contribution is 7.18. The molecular formula is C14H21N3O2S. The molecule has 1 saturated heterocycles. The van der Waals surface area contributed by atoms with Gasteiger partial charge in [-0.2, -0.15) is 0 Å². The molecule has 5 nitrogen and oxygen atoms in total. The van der Waals surface area contributed by atoms with Crippen LogP contribution in [0.2, 0.25) is 0 Å². The Bertz CT molecular complexity index is 594. The molecule has 0 aliphatic carbocycles. The predicted molar refractivity (Wildman–Crippen MR) is 83.3 cm³/mol. The zero-order valence-electron chi connectivity index (χ0n) is 12.2. The van der Waals surface area contributed by atoms with E-state index in [1.807, 2.05) is 19.9 Å². The van der Waals surface area contributed by atoms with E-state index >= 15 is 0 Å². The highest BCUT2D eigenvalue weighted by atomic mass is 32.1. The molecule has 0 aromatic carbocycles. The lowest BCUT2D eigenvalue weighted by Gasteiger charge is -2.27. The normalized spacial score (nSPS) is 14.8. The van der Waals surface area contributed by atoms with Gasteiger partial charge in [0.05, 0.1) is 18.2 Å². The molecule has 0 bridgehead atoms. The highest BCUT2D eigenvalue weighted by Gasteiger charge is 2.14. The van der Waals surface area contributed by atoms with Crippen LogP contribution in [0.25, 0.3) is 5.00 Å². The van der Waals surface area contributed by atoms with E-state index < -0.39 is 0 Å². The lowest BCUT2D eigenvalue weighted by molar-refractivity contribution is 0.123. The van der Waals surface area contributed by atoms with Gasteiger partial charge in [0.1, 0.15) is 5.00 Å². The average molecular weight is 295 g/mol. The van der Waals surface area contributed by atoms with Crippen molar-refractivity contribution in [3.63, 3.8) is 0 Å². The van der Waals surface area contributed by atoms with Gasteiger partial charge in [0.15, 0.2) is 0 Å². The Kier molecular flexibility index (Phi) is 5.03. The molecule has 2 aromatic rings. The van der Waals surface area contributed by atoms with Crippen LogP contribution < -0.4 is 10.6 Å². The van der Waals surface area contributed by atoms with Gasteiger partial charge in [0.25, 0.3) is 0 Å². The zero-order chi connectivity index (χ0) is 14.5. The summed E-state index contributed by atoms with van der Waals surface area (Å²) < 4.78 is 8.59. The maximum absolute atomic E-state index is 11.9. The Hall–Kier alpha value is -1.53. The predicted octanol–water partition coefficient (Wildman–Crippen LogP) is 2.10. The van der Waals surface area contributed by atoms with Gasteiger partial charge >= 0.3 is 5.69 Å². The molecule has 6 heteroatoms. The van der Waals surface area contributed by atoms with E-state index in [-0.39, 0.29) is 5.69 Å². The van der Waals surface area contributed by atoms with Crippen LogP contribution in [-0.2, 0) is 11.8 Å². The molecule has 0 saturated carbocycles. The van der Waals surface area contributed by atoms with Crippen LogP contribution in [0.4, 0.5) is 5.00 Å². The van der Waals surface area contributed by atoms with Crippen LogP contribution in [0.3, 0.4) is 0 Å². The number of thiophene rings is 1. The molecule has 110 valence electrons. The first-order valence-corrected chi connectivity index (χ1v) is 7.74. The number of anilines is 1. The summed E-state index contributed by atoms with van der Waals surface area (Å²) in [6.45, 7) is 7.39. The first-order valence-electron chi connectivity index (χ1n) is 6.92. The van der Waals surface area contributed by atoms with Gasteiger partial charge in [0, 0.05) is 32.5 Å². The van der Waals surface area contributed by atoms with Crippen LogP contribution >= 0.6 is 11.3 Å². The van der Waals surface area contributed by atoms with Gasteiger partial charge in [0.2, 0.25) is 0 Å². The molecule has 3 heterocycles. The van der Waals surface area contributed by atoms with E-state index in [1.165, 1.54) is 5.00 Å². The standard InChI is InChI=1S/C12H15N3O2S.C2H6/c1-13-4-5-15(12(13)16)11-3-2-10(18-11)14-6-8-17-9-7-14;1-2/h2-5H,6-9H2,1H3;1-2H3. The van der Waals surface area contributed by atoms with E-state index in [9.17, 15) is 4.79 Å². The lowest BCUT2D eigenvalue weighted by Crippen LogP contribution is -2.35. The third-order valence-corrected chi connectivity index (χ3v) is 4.23. The van der Waals surface area contributed by atoms with E-state index in [1.54, 1.807) is 39.9 Å². The van der Waals surface area contributed by atoms with Crippen LogP contribution in [0, 0.1) is 0 Å². The molecule has 20 heavy (non-hydrogen) atoms. The number of nitrogens with zero attached hydrogens (tertiary/aromatic N) is 3. The Morgan fingerprint density at radius 1 is 1.10 bits per heavy atom. The third-order valence-electron chi connectivity index (χ3n) is 3.08. The third kappa shape index (κ3) is 2.96. The minimum atomic E-state index is -0.00891. The second kappa shape index (κ2) is 6.76. The van der Waals surface area contributed by atoms with Crippen molar-refractivity contribution >= 4 is 16.3 Å². The Balaban J connectivity index is 0.000000704. The molecule has 1 fully saturated rings. The molecule has 0 spiro atoms. The van der Waals surface area contributed by atoms with Gasteiger partial charge in [-0.1, -0.05) is 13.8 Å². The van der Waals surface area contributed by atoms with E-state index in [4.69, 9.17) is 4.74 Å². The van der Waals surface area contributed by atoms with Crippen LogP contribution in [0.15, 0.2) is 29.3 Å². The van der Waals surface area contributed by atoms with Crippen molar-refractivity contribution in [3.8, 4) is 5.00 Å². The molecule has 0 radical (unpaired) electrons. The average Bonchev–Trinajstić information content (AvgIpc) is 3.11. The monoisotopic (exact) mass is 295 g/mol. The summed E-state index contributed by atoms with van der Waals surface area (Å²) in [5.74, 6) is 0. The van der Waals surface area contributed by atoms with Crippen molar-refractivity contribution in [2.75, 3.05) is 31.2 Å². The maximum Gasteiger partial charge on any atom is 0.333 e. The fourth-order valence-corrected chi connectivity index (χ4v) is 3.07. The fourth-order valence-electron chi connectivity index (χ4n) is 2.03. The van der Waals surface area contributed by atoms with E-state index in [2.05, 4.69) is 11.0 Å². The minimum Gasteiger partial charge on any atom is -0.378 e. The number of aromatic nitrogens is 2. The summed E-state index contributed by atoms with van der Waals surface area (Å²) in [6.07, 6.45) is 3.58. The molecule has 2 aromatic heterocycles. The van der Waals surface area contributed by atoms with Crippen molar-refractivity contribution in [1.29, 1.82) is 0 Å². The SMILES string of the molecule is CC.Cn1ccn(-c2ccc(N3CCOCC3)s2)c1=O. The molecule has 0 atom stereocenters. The lowest BCUT2D eigenvalue weighted by atomic mass is 10.4. The van der Waals surface area contributed by atoms with Crippen molar-refractivity contribution < 1.29 is 4.74 Å². The maximum atomic E-state index is 11.9. The largest absolute Gasteiger partial charge is 0.378 e. The number of hydrogen-bond acceptors (Lipinski definition) is 4. The number of aryl methyl sites for hydroxylation is 1. The summed E-state index contributed by atoms with van der Waals surface area (Å²) in [5.41, 5.74) is -0.00891. The smallest absolute Gasteiger partial charge is 0.333 e. The quantitative estimate of drug-likeness (QED) is 0.852. The van der Waals surface area contributed by atoms with Crippen molar-refractivity contribution in [2.24, 2.45) is 7.05 Å². The Labute approximate surface area is 123 Å². The number of imidazole rings is 1. The fraction of sp³-hybridized carbons (Fsp3) is 0.500. The van der Waals surface area contributed by atoms with Crippen LogP contribution in [0.5, 0.6) is 0 Å². The van der Waals surface area contributed by atoms with Gasteiger partial charge in [-0.15, -0.1) is 11.3 Å². The van der Waals surface area contributed by atoms with Gasteiger partial charge in [-0.3, -0.25) is 4.57 Å². The summed E-state index contributed by atoms with van der Waals surface area (Å²) in [6, 6.07) is 4.07.